The van der Waals surface area contributed by atoms with Crippen LogP contribution in [0.5, 0.6) is 11.6 Å². The second-order valence-corrected chi connectivity index (χ2v) is 6.79. The Kier molecular flexibility index (Phi) is 4.31. The highest BCUT2D eigenvalue weighted by atomic mass is 16.5. The van der Waals surface area contributed by atoms with Gasteiger partial charge in [0.25, 0.3) is 0 Å². The SMILES string of the molecule is O=C(CN1C[C@H]2C[C@H](Oc3cnccn3)C[C@H]2C1)c1ccc(O)cn1. The number of ether oxygens (including phenoxy) is 1. The molecule has 2 aliphatic rings. The van der Waals surface area contributed by atoms with Crippen LogP contribution in [-0.2, 0) is 0 Å². The minimum absolute atomic E-state index is 0.00710. The lowest BCUT2D eigenvalue weighted by atomic mass is 10.0. The van der Waals surface area contributed by atoms with Gasteiger partial charge in [0.15, 0.2) is 5.78 Å². The fourth-order valence-corrected chi connectivity index (χ4v) is 3.92. The summed E-state index contributed by atoms with van der Waals surface area (Å²) < 4.78 is 5.92. The first-order valence-corrected chi connectivity index (χ1v) is 8.50. The first kappa shape index (κ1) is 16.0. The molecule has 130 valence electrons. The molecule has 0 bridgehead atoms. The van der Waals surface area contributed by atoms with Crippen LogP contribution < -0.4 is 4.74 Å². The Balaban J connectivity index is 1.29. The molecule has 2 fully saturated rings. The molecule has 2 aromatic rings. The van der Waals surface area contributed by atoms with Gasteiger partial charge in [-0.05, 0) is 36.8 Å². The van der Waals surface area contributed by atoms with Gasteiger partial charge in [-0.15, -0.1) is 0 Å². The lowest BCUT2D eigenvalue weighted by Crippen LogP contribution is -2.30. The molecule has 0 unspecified atom stereocenters. The zero-order valence-corrected chi connectivity index (χ0v) is 13.8. The number of hydrogen-bond donors (Lipinski definition) is 1. The normalized spacial score (nSPS) is 25.7. The van der Waals surface area contributed by atoms with Crippen LogP contribution in [0.3, 0.4) is 0 Å². The third kappa shape index (κ3) is 3.61. The molecule has 0 radical (unpaired) electrons. The molecule has 2 aromatic heterocycles. The summed E-state index contributed by atoms with van der Waals surface area (Å²) in [5.74, 6) is 1.76. The Hall–Kier alpha value is -2.54. The van der Waals surface area contributed by atoms with Crippen molar-refractivity contribution in [2.24, 2.45) is 11.8 Å². The largest absolute Gasteiger partial charge is 0.506 e. The van der Waals surface area contributed by atoms with E-state index in [0.717, 1.165) is 25.9 Å². The van der Waals surface area contributed by atoms with Gasteiger partial charge in [0.05, 0.1) is 18.9 Å². The zero-order chi connectivity index (χ0) is 17.2. The molecular formula is C18H20N4O3. The van der Waals surface area contributed by atoms with Crippen LogP contribution in [0, 0.1) is 11.8 Å². The molecule has 0 amide bonds. The molecule has 1 N–H and O–H groups in total. The number of fused-ring (bicyclic) bond motifs is 1. The predicted octanol–water partition coefficient (Wildman–Crippen LogP) is 1.55. The first-order valence-electron chi connectivity index (χ1n) is 8.50. The summed E-state index contributed by atoms with van der Waals surface area (Å²) in [6.07, 6.45) is 8.38. The van der Waals surface area contributed by atoms with Gasteiger partial charge in [0.1, 0.15) is 17.5 Å². The first-order chi connectivity index (χ1) is 12.2. The topological polar surface area (TPSA) is 88.4 Å². The number of rotatable bonds is 5. The summed E-state index contributed by atoms with van der Waals surface area (Å²) in [5, 5.41) is 9.26. The lowest BCUT2D eigenvalue weighted by Gasteiger charge is -2.18. The van der Waals surface area contributed by atoms with Crippen LogP contribution >= 0.6 is 0 Å². The van der Waals surface area contributed by atoms with Gasteiger partial charge >= 0.3 is 0 Å². The van der Waals surface area contributed by atoms with Gasteiger partial charge in [0, 0.05) is 25.5 Å². The van der Waals surface area contributed by atoms with Gasteiger partial charge in [-0.25, -0.2) is 9.97 Å². The van der Waals surface area contributed by atoms with Crippen molar-refractivity contribution in [3.05, 3.63) is 42.6 Å². The van der Waals surface area contributed by atoms with Crippen molar-refractivity contribution in [3.63, 3.8) is 0 Å². The number of carbonyl (C=O) groups is 1. The Morgan fingerprint density at radius 2 is 1.96 bits per heavy atom. The highest BCUT2D eigenvalue weighted by Crippen LogP contribution is 2.39. The quantitative estimate of drug-likeness (QED) is 0.826. The Morgan fingerprint density at radius 3 is 2.60 bits per heavy atom. The van der Waals surface area contributed by atoms with Gasteiger partial charge in [-0.2, -0.15) is 0 Å². The van der Waals surface area contributed by atoms with Crippen LogP contribution in [0.15, 0.2) is 36.9 Å². The minimum atomic E-state index is -0.00710. The van der Waals surface area contributed by atoms with Crippen molar-refractivity contribution in [2.75, 3.05) is 19.6 Å². The second-order valence-electron chi connectivity index (χ2n) is 6.79. The van der Waals surface area contributed by atoms with E-state index in [0.29, 0.717) is 30.0 Å². The van der Waals surface area contributed by atoms with Gasteiger partial charge in [-0.1, -0.05) is 0 Å². The number of nitrogens with zero attached hydrogens (tertiary/aromatic N) is 4. The molecule has 1 saturated carbocycles. The second kappa shape index (κ2) is 6.76. The molecule has 4 rings (SSSR count). The summed E-state index contributed by atoms with van der Waals surface area (Å²) in [6.45, 7) is 2.20. The Bertz CT molecular complexity index is 724. The molecule has 0 spiro atoms. The molecule has 3 heterocycles. The lowest BCUT2D eigenvalue weighted by molar-refractivity contribution is 0.0931. The molecule has 7 nitrogen and oxygen atoms in total. The fourth-order valence-electron chi connectivity index (χ4n) is 3.92. The number of pyridine rings is 1. The van der Waals surface area contributed by atoms with Crippen molar-refractivity contribution in [2.45, 2.75) is 18.9 Å². The van der Waals surface area contributed by atoms with Crippen molar-refractivity contribution in [1.82, 2.24) is 19.9 Å². The van der Waals surface area contributed by atoms with E-state index in [9.17, 15) is 9.90 Å². The molecule has 1 saturated heterocycles. The summed E-state index contributed by atoms with van der Waals surface area (Å²) in [6, 6.07) is 3.06. The Labute approximate surface area is 145 Å². The third-order valence-electron chi connectivity index (χ3n) is 5.01. The van der Waals surface area contributed by atoms with E-state index in [4.69, 9.17) is 4.74 Å². The van der Waals surface area contributed by atoms with Crippen LogP contribution in [0.25, 0.3) is 0 Å². The number of aromatic nitrogens is 3. The predicted molar refractivity (Wildman–Crippen MR) is 89.3 cm³/mol. The molecule has 1 aliphatic heterocycles. The molecule has 25 heavy (non-hydrogen) atoms. The summed E-state index contributed by atoms with van der Waals surface area (Å²) in [4.78, 5) is 26.7. The van der Waals surface area contributed by atoms with Gasteiger partial charge in [0.2, 0.25) is 5.88 Å². The average Bonchev–Trinajstić information content (AvgIpc) is 3.14. The number of hydrogen-bond acceptors (Lipinski definition) is 7. The van der Waals surface area contributed by atoms with Crippen molar-refractivity contribution in [3.8, 4) is 11.6 Å². The summed E-state index contributed by atoms with van der Waals surface area (Å²) in [5.41, 5.74) is 0.402. The van der Waals surface area contributed by atoms with E-state index in [1.165, 1.54) is 12.3 Å². The van der Waals surface area contributed by atoms with E-state index < -0.39 is 0 Å². The highest BCUT2D eigenvalue weighted by Gasteiger charge is 2.42. The molecule has 0 aromatic carbocycles. The van der Waals surface area contributed by atoms with E-state index in [1.807, 2.05) is 0 Å². The van der Waals surface area contributed by atoms with Crippen LogP contribution in [0.1, 0.15) is 23.3 Å². The molecule has 7 heteroatoms. The van der Waals surface area contributed by atoms with Crippen molar-refractivity contribution >= 4 is 5.78 Å². The summed E-state index contributed by atoms with van der Waals surface area (Å²) in [7, 11) is 0. The maximum Gasteiger partial charge on any atom is 0.232 e. The monoisotopic (exact) mass is 340 g/mol. The number of Topliss-reactive ketones (excluding diaryl/α,β-unsaturated/α-hetero) is 1. The van der Waals surface area contributed by atoms with Gasteiger partial charge in [-0.3, -0.25) is 14.7 Å². The van der Waals surface area contributed by atoms with E-state index in [1.54, 1.807) is 24.7 Å². The maximum absolute atomic E-state index is 12.3. The van der Waals surface area contributed by atoms with Crippen LogP contribution in [-0.4, -0.2) is 56.5 Å². The Morgan fingerprint density at radius 1 is 1.16 bits per heavy atom. The number of carbonyl (C=O) groups excluding carboxylic acids is 1. The van der Waals surface area contributed by atoms with E-state index >= 15 is 0 Å². The standard InChI is InChI=1S/C18H20N4O3/c23-14-1-2-16(21-7-14)17(24)11-22-9-12-5-15(6-13(12)10-22)25-18-8-19-3-4-20-18/h1-4,7-8,12-13,15,23H,5-6,9-11H2/t12-,13+,15+. The zero-order valence-electron chi connectivity index (χ0n) is 13.8. The van der Waals surface area contributed by atoms with Crippen molar-refractivity contribution in [1.29, 1.82) is 0 Å². The highest BCUT2D eigenvalue weighted by molar-refractivity contribution is 5.95. The fraction of sp³-hybridized carbons (Fsp3) is 0.444. The van der Waals surface area contributed by atoms with Crippen LogP contribution in [0.4, 0.5) is 0 Å². The minimum Gasteiger partial charge on any atom is -0.506 e. The maximum atomic E-state index is 12.3. The van der Waals surface area contributed by atoms with Gasteiger partial charge < -0.3 is 9.84 Å². The average molecular weight is 340 g/mol. The van der Waals surface area contributed by atoms with Crippen molar-refractivity contribution < 1.29 is 14.6 Å². The molecule has 3 atom stereocenters. The third-order valence-corrected chi connectivity index (χ3v) is 5.01. The molecular weight excluding hydrogens is 320 g/mol. The van der Waals surface area contributed by atoms with Crippen LogP contribution in [0.2, 0.25) is 0 Å². The smallest absolute Gasteiger partial charge is 0.232 e. The van der Waals surface area contributed by atoms with E-state index in [-0.39, 0.29) is 17.6 Å². The summed E-state index contributed by atoms with van der Waals surface area (Å²) >= 11 is 0. The number of aromatic hydroxyl groups is 1. The number of ketones is 1. The van der Waals surface area contributed by atoms with E-state index in [2.05, 4.69) is 19.9 Å². The number of likely N-dealkylation sites (tertiary alicyclic amines) is 1. The molecule has 1 aliphatic carbocycles.